The summed E-state index contributed by atoms with van der Waals surface area (Å²) in [7, 11) is 0. The van der Waals surface area contributed by atoms with Crippen LogP contribution < -0.4 is 0 Å². The second-order valence-electron chi connectivity index (χ2n) is 4.07. The number of esters is 1. The summed E-state index contributed by atoms with van der Waals surface area (Å²) >= 11 is 0. The zero-order valence-electron chi connectivity index (χ0n) is 10.3. The molecule has 0 amide bonds. The van der Waals surface area contributed by atoms with E-state index in [0.29, 0.717) is 5.56 Å². The minimum absolute atomic E-state index is 0.0882. The zero-order valence-corrected chi connectivity index (χ0v) is 10.3. The fourth-order valence-corrected chi connectivity index (χ4v) is 1.61. The Morgan fingerprint density at radius 2 is 1.88 bits per heavy atom. The summed E-state index contributed by atoms with van der Waals surface area (Å²) < 4.78 is 4.93. The van der Waals surface area contributed by atoms with Crippen molar-refractivity contribution in [2.75, 3.05) is 6.61 Å². The lowest BCUT2D eigenvalue weighted by molar-refractivity contribution is -0.147. The average Bonchev–Trinajstić information content (AvgIpc) is 2.30. The molecule has 1 atom stereocenters. The predicted octanol–water partition coefficient (Wildman–Crippen LogP) is 2.10. The van der Waals surface area contributed by atoms with Crippen LogP contribution in [-0.4, -0.2) is 23.3 Å². The molecule has 0 saturated carbocycles. The van der Waals surface area contributed by atoms with Gasteiger partial charge in [-0.15, -0.1) is 0 Å². The minimum Gasteiger partial charge on any atom is -0.465 e. The van der Waals surface area contributed by atoms with E-state index in [1.165, 1.54) is 12.4 Å². The highest BCUT2D eigenvalue weighted by Crippen LogP contribution is 2.18. The van der Waals surface area contributed by atoms with Crippen LogP contribution in [0.1, 0.15) is 31.1 Å². The van der Waals surface area contributed by atoms with Crippen molar-refractivity contribution in [2.45, 2.75) is 20.8 Å². The van der Waals surface area contributed by atoms with Gasteiger partial charge < -0.3 is 4.74 Å². The van der Waals surface area contributed by atoms with Crippen LogP contribution >= 0.6 is 0 Å². The highest BCUT2D eigenvalue weighted by Gasteiger charge is 2.31. The van der Waals surface area contributed by atoms with Crippen molar-refractivity contribution in [3.05, 3.63) is 30.1 Å². The summed E-state index contributed by atoms with van der Waals surface area (Å²) in [5, 5.41) is 0. The minimum atomic E-state index is -0.739. The molecule has 1 heterocycles. The standard InChI is InChI=1S/C13H17NO3/c1-4-17-13(16)11(9(2)3)12(15)10-5-7-14-8-6-10/h5-9,11H,4H2,1-3H3. The number of ketones is 1. The van der Waals surface area contributed by atoms with E-state index >= 15 is 0 Å². The molecule has 0 aliphatic carbocycles. The first kappa shape index (κ1) is 13.4. The second kappa shape index (κ2) is 6.13. The Morgan fingerprint density at radius 3 is 2.35 bits per heavy atom. The normalized spacial score (nSPS) is 12.2. The molecule has 0 fully saturated rings. The van der Waals surface area contributed by atoms with Gasteiger partial charge in [-0.2, -0.15) is 0 Å². The number of aromatic nitrogens is 1. The molecule has 0 radical (unpaired) electrons. The van der Waals surface area contributed by atoms with E-state index in [-0.39, 0.29) is 18.3 Å². The Hall–Kier alpha value is -1.71. The van der Waals surface area contributed by atoms with E-state index in [1.807, 2.05) is 13.8 Å². The highest BCUT2D eigenvalue weighted by atomic mass is 16.5. The third-order valence-electron chi connectivity index (χ3n) is 2.45. The van der Waals surface area contributed by atoms with Gasteiger partial charge in [0.2, 0.25) is 0 Å². The van der Waals surface area contributed by atoms with Crippen molar-refractivity contribution in [1.82, 2.24) is 4.98 Å². The number of Topliss-reactive ketones (excluding diaryl/α,β-unsaturated/α-hetero) is 1. The zero-order chi connectivity index (χ0) is 12.8. The number of hydrogen-bond donors (Lipinski definition) is 0. The first-order valence-corrected chi connectivity index (χ1v) is 5.68. The Balaban J connectivity index is 2.92. The van der Waals surface area contributed by atoms with Gasteiger partial charge in [-0.25, -0.2) is 0 Å². The Bertz CT molecular complexity index is 387. The molecule has 1 unspecified atom stereocenters. The van der Waals surface area contributed by atoms with E-state index in [2.05, 4.69) is 4.98 Å². The molecule has 0 aromatic carbocycles. The van der Waals surface area contributed by atoms with Gasteiger partial charge in [0.25, 0.3) is 0 Å². The molecule has 0 aliphatic rings. The van der Waals surface area contributed by atoms with Gasteiger partial charge in [0.1, 0.15) is 5.92 Å². The molecule has 1 aromatic heterocycles. The van der Waals surface area contributed by atoms with E-state index < -0.39 is 11.9 Å². The number of nitrogens with zero attached hydrogens (tertiary/aromatic N) is 1. The number of carbonyl (C=O) groups is 2. The number of ether oxygens (including phenoxy) is 1. The monoisotopic (exact) mass is 235 g/mol. The maximum atomic E-state index is 12.2. The number of carbonyl (C=O) groups excluding carboxylic acids is 2. The van der Waals surface area contributed by atoms with Crippen molar-refractivity contribution in [3.63, 3.8) is 0 Å². The fourth-order valence-electron chi connectivity index (χ4n) is 1.61. The summed E-state index contributed by atoms with van der Waals surface area (Å²) in [6.07, 6.45) is 3.07. The first-order valence-electron chi connectivity index (χ1n) is 5.68. The van der Waals surface area contributed by atoms with Crippen LogP contribution in [0.4, 0.5) is 0 Å². The number of hydrogen-bond acceptors (Lipinski definition) is 4. The van der Waals surface area contributed by atoms with Crippen LogP contribution in [0.25, 0.3) is 0 Å². The Morgan fingerprint density at radius 1 is 1.29 bits per heavy atom. The van der Waals surface area contributed by atoms with E-state index in [9.17, 15) is 9.59 Å². The second-order valence-corrected chi connectivity index (χ2v) is 4.07. The van der Waals surface area contributed by atoms with Gasteiger partial charge >= 0.3 is 5.97 Å². The lowest BCUT2D eigenvalue weighted by Crippen LogP contribution is -2.30. The molecule has 4 heteroatoms. The summed E-state index contributed by atoms with van der Waals surface area (Å²) in [5.41, 5.74) is 0.492. The predicted molar refractivity (Wildman–Crippen MR) is 63.5 cm³/mol. The van der Waals surface area contributed by atoms with Crippen LogP contribution in [-0.2, 0) is 9.53 Å². The van der Waals surface area contributed by atoms with Gasteiger partial charge in [-0.1, -0.05) is 13.8 Å². The average molecular weight is 235 g/mol. The van der Waals surface area contributed by atoms with Crippen LogP contribution in [0.5, 0.6) is 0 Å². The molecule has 1 aromatic rings. The lowest BCUT2D eigenvalue weighted by atomic mass is 9.88. The molecule has 0 saturated heterocycles. The molecular formula is C13H17NO3. The molecule has 0 N–H and O–H groups in total. The number of rotatable bonds is 5. The third kappa shape index (κ3) is 3.37. The van der Waals surface area contributed by atoms with Gasteiger partial charge in [-0.05, 0) is 25.0 Å². The molecule has 1 rings (SSSR count). The SMILES string of the molecule is CCOC(=O)C(C(=O)c1ccncc1)C(C)C. The van der Waals surface area contributed by atoms with Crippen molar-refractivity contribution >= 4 is 11.8 Å². The molecule has 17 heavy (non-hydrogen) atoms. The highest BCUT2D eigenvalue weighted by molar-refractivity contribution is 6.08. The molecular weight excluding hydrogens is 218 g/mol. The quantitative estimate of drug-likeness (QED) is 0.445. The van der Waals surface area contributed by atoms with Crippen molar-refractivity contribution < 1.29 is 14.3 Å². The van der Waals surface area contributed by atoms with Gasteiger partial charge in [0, 0.05) is 18.0 Å². The smallest absolute Gasteiger partial charge is 0.317 e. The first-order chi connectivity index (χ1) is 8.07. The van der Waals surface area contributed by atoms with Crippen molar-refractivity contribution in [3.8, 4) is 0 Å². The Kier molecular flexibility index (Phi) is 4.82. The van der Waals surface area contributed by atoms with Gasteiger partial charge in [0.15, 0.2) is 5.78 Å². The summed E-state index contributed by atoms with van der Waals surface area (Å²) in [6, 6.07) is 3.22. The summed E-state index contributed by atoms with van der Waals surface area (Å²) in [5.74, 6) is -1.49. The van der Waals surface area contributed by atoms with E-state index in [0.717, 1.165) is 0 Å². The largest absolute Gasteiger partial charge is 0.465 e. The van der Waals surface area contributed by atoms with Gasteiger partial charge in [0.05, 0.1) is 6.61 Å². The number of pyridine rings is 1. The maximum absolute atomic E-state index is 12.2. The Labute approximate surface area is 101 Å². The van der Waals surface area contributed by atoms with Crippen molar-refractivity contribution in [2.24, 2.45) is 11.8 Å². The maximum Gasteiger partial charge on any atom is 0.317 e. The third-order valence-corrected chi connectivity index (χ3v) is 2.45. The van der Waals surface area contributed by atoms with Crippen LogP contribution in [0, 0.1) is 11.8 Å². The van der Waals surface area contributed by atoms with Crippen LogP contribution in [0.3, 0.4) is 0 Å². The topological polar surface area (TPSA) is 56.3 Å². The van der Waals surface area contributed by atoms with Crippen LogP contribution in [0.2, 0.25) is 0 Å². The molecule has 4 nitrogen and oxygen atoms in total. The lowest BCUT2D eigenvalue weighted by Gasteiger charge is -2.17. The molecule has 0 bridgehead atoms. The molecule has 0 spiro atoms. The van der Waals surface area contributed by atoms with Crippen LogP contribution in [0.15, 0.2) is 24.5 Å². The summed E-state index contributed by atoms with van der Waals surface area (Å²) in [4.78, 5) is 27.8. The molecule has 0 aliphatic heterocycles. The fraction of sp³-hybridized carbons (Fsp3) is 0.462. The van der Waals surface area contributed by atoms with Gasteiger partial charge in [-0.3, -0.25) is 14.6 Å². The molecule has 92 valence electrons. The van der Waals surface area contributed by atoms with E-state index in [4.69, 9.17) is 4.74 Å². The van der Waals surface area contributed by atoms with E-state index in [1.54, 1.807) is 19.1 Å². The summed E-state index contributed by atoms with van der Waals surface area (Å²) in [6.45, 7) is 5.68. The van der Waals surface area contributed by atoms with Crippen molar-refractivity contribution in [1.29, 1.82) is 0 Å².